The summed E-state index contributed by atoms with van der Waals surface area (Å²) >= 11 is 0. The molecule has 2 aliphatic rings. The van der Waals surface area contributed by atoms with Crippen molar-refractivity contribution in [3.05, 3.63) is 0 Å². The molecular formula is C13H23N3O2. The van der Waals surface area contributed by atoms with Crippen LogP contribution in [0.2, 0.25) is 0 Å². The monoisotopic (exact) mass is 253 g/mol. The van der Waals surface area contributed by atoms with E-state index in [1.807, 2.05) is 9.80 Å². The zero-order valence-corrected chi connectivity index (χ0v) is 11.3. The fourth-order valence-electron chi connectivity index (χ4n) is 2.72. The molecule has 1 atom stereocenters. The van der Waals surface area contributed by atoms with Crippen molar-refractivity contribution in [2.24, 2.45) is 0 Å². The molecule has 1 unspecified atom stereocenters. The van der Waals surface area contributed by atoms with E-state index in [9.17, 15) is 9.59 Å². The molecule has 5 nitrogen and oxygen atoms in total. The molecule has 0 bridgehead atoms. The smallest absolute Gasteiger partial charge is 0.223 e. The number of hydrogen-bond acceptors (Lipinski definition) is 3. The summed E-state index contributed by atoms with van der Waals surface area (Å²) in [5.74, 6) is 0.468. The molecule has 2 fully saturated rings. The van der Waals surface area contributed by atoms with E-state index in [1.165, 1.54) is 0 Å². The minimum Gasteiger partial charge on any atom is -0.339 e. The van der Waals surface area contributed by atoms with Gasteiger partial charge in [-0.1, -0.05) is 13.8 Å². The van der Waals surface area contributed by atoms with Crippen LogP contribution in [0.3, 0.4) is 0 Å². The first-order valence-electron chi connectivity index (χ1n) is 6.88. The lowest BCUT2D eigenvalue weighted by molar-refractivity contribution is -0.138. The fourth-order valence-corrected chi connectivity index (χ4v) is 2.72. The van der Waals surface area contributed by atoms with Crippen LogP contribution in [0, 0.1) is 0 Å². The van der Waals surface area contributed by atoms with Crippen molar-refractivity contribution in [1.29, 1.82) is 0 Å². The largest absolute Gasteiger partial charge is 0.339 e. The Morgan fingerprint density at radius 1 is 1.44 bits per heavy atom. The SMILES string of the molecule is CC(C)NCCC(=O)N1CCN2C(=O)CCC2C1. The average Bonchev–Trinajstić information content (AvgIpc) is 2.70. The van der Waals surface area contributed by atoms with Gasteiger partial charge in [-0.3, -0.25) is 9.59 Å². The number of nitrogens with zero attached hydrogens (tertiary/aromatic N) is 2. The van der Waals surface area contributed by atoms with Gasteiger partial charge in [0.25, 0.3) is 0 Å². The second-order valence-electron chi connectivity index (χ2n) is 5.48. The number of carbonyl (C=O) groups is 2. The summed E-state index contributed by atoms with van der Waals surface area (Å²) in [7, 11) is 0. The summed E-state index contributed by atoms with van der Waals surface area (Å²) in [4.78, 5) is 27.4. The maximum Gasteiger partial charge on any atom is 0.223 e. The molecule has 0 radical (unpaired) electrons. The summed E-state index contributed by atoms with van der Waals surface area (Å²) in [6.45, 7) is 7.03. The lowest BCUT2D eigenvalue weighted by atomic mass is 10.1. The molecule has 0 aromatic carbocycles. The molecule has 2 saturated heterocycles. The molecule has 5 heteroatoms. The van der Waals surface area contributed by atoms with E-state index >= 15 is 0 Å². The molecule has 102 valence electrons. The van der Waals surface area contributed by atoms with Gasteiger partial charge in [-0.15, -0.1) is 0 Å². The standard InChI is InChI=1S/C13H23N3O2/c1-10(2)14-6-5-12(17)15-7-8-16-11(9-15)3-4-13(16)18/h10-11,14H,3-9H2,1-2H3. The number of hydrogen-bond donors (Lipinski definition) is 1. The molecule has 2 heterocycles. The Labute approximate surface area is 108 Å². The molecule has 2 rings (SSSR count). The van der Waals surface area contributed by atoms with Crippen molar-refractivity contribution in [1.82, 2.24) is 15.1 Å². The molecule has 0 spiro atoms. The van der Waals surface area contributed by atoms with Crippen molar-refractivity contribution >= 4 is 11.8 Å². The average molecular weight is 253 g/mol. The van der Waals surface area contributed by atoms with E-state index in [0.717, 1.165) is 19.5 Å². The molecule has 0 saturated carbocycles. The maximum atomic E-state index is 12.0. The Hall–Kier alpha value is -1.10. The van der Waals surface area contributed by atoms with E-state index in [4.69, 9.17) is 0 Å². The third-order valence-corrected chi connectivity index (χ3v) is 3.74. The second kappa shape index (κ2) is 5.69. The van der Waals surface area contributed by atoms with E-state index in [-0.39, 0.29) is 17.9 Å². The van der Waals surface area contributed by atoms with Crippen LogP contribution in [-0.4, -0.2) is 59.9 Å². The van der Waals surface area contributed by atoms with Gasteiger partial charge in [-0.2, -0.15) is 0 Å². The van der Waals surface area contributed by atoms with Crippen molar-refractivity contribution in [3.63, 3.8) is 0 Å². The van der Waals surface area contributed by atoms with Crippen molar-refractivity contribution in [2.45, 2.75) is 45.2 Å². The van der Waals surface area contributed by atoms with Crippen LogP contribution in [0.5, 0.6) is 0 Å². The Morgan fingerprint density at radius 3 is 2.94 bits per heavy atom. The third-order valence-electron chi connectivity index (χ3n) is 3.74. The number of amides is 2. The molecule has 1 N–H and O–H groups in total. The maximum absolute atomic E-state index is 12.0. The summed E-state index contributed by atoms with van der Waals surface area (Å²) in [6, 6.07) is 0.690. The minimum absolute atomic E-state index is 0.210. The number of nitrogens with one attached hydrogen (secondary N) is 1. The zero-order valence-electron chi connectivity index (χ0n) is 11.3. The Bertz CT molecular complexity index is 330. The van der Waals surface area contributed by atoms with E-state index in [0.29, 0.717) is 32.0 Å². The first-order valence-corrected chi connectivity index (χ1v) is 6.88. The Kier molecular flexibility index (Phi) is 4.22. The van der Waals surface area contributed by atoms with E-state index < -0.39 is 0 Å². The normalized spacial score (nSPS) is 23.7. The predicted octanol–water partition coefficient (Wildman–Crippen LogP) is 0.208. The molecular weight excluding hydrogens is 230 g/mol. The number of piperazine rings is 1. The van der Waals surface area contributed by atoms with Gasteiger partial charge >= 0.3 is 0 Å². The molecule has 2 aliphatic heterocycles. The van der Waals surface area contributed by atoms with Crippen molar-refractivity contribution < 1.29 is 9.59 Å². The molecule has 0 aromatic rings. The zero-order chi connectivity index (χ0) is 13.1. The number of carbonyl (C=O) groups excluding carboxylic acids is 2. The van der Waals surface area contributed by atoms with Crippen LogP contribution in [-0.2, 0) is 9.59 Å². The van der Waals surface area contributed by atoms with Gasteiger partial charge in [0.15, 0.2) is 0 Å². The summed E-state index contributed by atoms with van der Waals surface area (Å²) in [5.41, 5.74) is 0. The summed E-state index contributed by atoms with van der Waals surface area (Å²) in [6.07, 6.45) is 2.12. The second-order valence-corrected chi connectivity index (χ2v) is 5.48. The van der Waals surface area contributed by atoms with Crippen LogP contribution in [0.15, 0.2) is 0 Å². The minimum atomic E-state index is 0.210. The Balaban J connectivity index is 1.77. The van der Waals surface area contributed by atoms with Crippen LogP contribution in [0.25, 0.3) is 0 Å². The van der Waals surface area contributed by atoms with Crippen LogP contribution in [0.1, 0.15) is 33.1 Å². The van der Waals surface area contributed by atoms with Crippen LogP contribution >= 0.6 is 0 Å². The highest BCUT2D eigenvalue weighted by molar-refractivity contribution is 5.80. The lowest BCUT2D eigenvalue weighted by Gasteiger charge is -2.37. The third kappa shape index (κ3) is 3.02. The van der Waals surface area contributed by atoms with Gasteiger partial charge in [0, 0.05) is 51.1 Å². The van der Waals surface area contributed by atoms with Gasteiger partial charge in [0.05, 0.1) is 0 Å². The summed E-state index contributed by atoms with van der Waals surface area (Å²) in [5, 5.41) is 3.26. The highest BCUT2D eigenvalue weighted by Gasteiger charge is 2.36. The van der Waals surface area contributed by atoms with Gasteiger partial charge in [-0.25, -0.2) is 0 Å². The molecule has 2 amide bonds. The molecule has 0 aromatic heterocycles. The summed E-state index contributed by atoms with van der Waals surface area (Å²) < 4.78 is 0. The van der Waals surface area contributed by atoms with Crippen LogP contribution < -0.4 is 5.32 Å². The lowest BCUT2D eigenvalue weighted by Crippen LogP contribution is -2.53. The Morgan fingerprint density at radius 2 is 2.22 bits per heavy atom. The van der Waals surface area contributed by atoms with Gasteiger partial charge < -0.3 is 15.1 Å². The van der Waals surface area contributed by atoms with Gasteiger partial charge in [0.1, 0.15) is 0 Å². The first kappa shape index (κ1) is 13.3. The predicted molar refractivity (Wildman–Crippen MR) is 69.1 cm³/mol. The topological polar surface area (TPSA) is 52.7 Å². The molecule has 0 aliphatic carbocycles. The highest BCUT2D eigenvalue weighted by atomic mass is 16.2. The fraction of sp³-hybridized carbons (Fsp3) is 0.846. The van der Waals surface area contributed by atoms with Crippen LogP contribution in [0.4, 0.5) is 0 Å². The van der Waals surface area contributed by atoms with Crippen molar-refractivity contribution in [2.75, 3.05) is 26.2 Å². The van der Waals surface area contributed by atoms with Gasteiger partial charge in [0.2, 0.25) is 11.8 Å². The van der Waals surface area contributed by atoms with Gasteiger partial charge in [-0.05, 0) is 6.42 Å². The van der Waals surface area contributed by atoms with Crippen molar-refractivity contribution in [3.8, 4) is 0 Å². The highest BCUT2D eigenvalue weighted by Crippen LogP contribution is 2.22. The molecule has 18 heavy (non-hydrogen) atoms. The first-order chi connectivity index (χ1) is 8.58. The van der Waals surface area contributed by atoms with E-state index in [2.05, 4.69) is 19.2 Å². The number of rotatable bonds is 4. The van der Waals surface area contributed by atoms with E-state index in [1.54, 1.807) is 0 Å². The number of fused-ring (bicyclic) bond motifs is 1. The quantitative estimate of drug-likeness (QED) is 0.779.